The molecule has 0 N–H and O–H groups in total. The van der Waals surface area contributed by atoms with Crippen molar-refractivity contribution >= 4 is 23.9 Å². The summed E-state index contributed by atoms with van der Waals surface area (Å²) in [5.41, 5.74) is 5.61. The van der Waals surface area contributed by atoms with E-state index in [1.165, 1.54) is 23.3 Å². The lowest BCUT2D eigenvalue weighted by Gasteiger charge is -2.09. The Morgan fingerprint density at radius 2 is 0.526 bits per heavy atom. The highest BCUT2D eigenvalue weighted by Crippen LogP contribution is 2.22. The predicted molar refractivity (Wildman–Crippen MR) is 303 cm³/mol. The first-order valence-electron chi connectivity index (χ1n) is 27.3. The molecule has 6 aromatic carbocycles. The minimum absolute atomic E-state index is 0.377. The van der Waals surface area contributed by atoms with E-state index in [0.29, 0.717) is 73.8 Å². The van der Waals surface area contributed by atoms with E-state index in [-0.39, 0.29) is 11.9 Å². The summed E-state index contributed by atoms with van der Waals surface area (Å²) in [5.74, 6) is 2.47. The molecule has 0 aliphatic carbocycles. The highest BCUT2D eigenvalue weighted by Gasteiger charge is 2.12. The minimum Gasteiger partial charge on any atom is -0.494 e. The van der Waals surface area contributed by atoms with Crippen molar-refractivity contribution in [3.05, 3.63) is 204 Å². The van der Waals surface area contributed by atoms with Gasteiger partial charge in [0.25, 0.3) is 0 Å². The van der Waals surface area contributed by atoms with E-state index in [1.54, 1.807) is 48.5 Å². The second kappa shape index (κ2) is 34.5. The molecule has 0 saturated heterocycles. The second-order valence-electron chi connectivity index (χ2n) is 18.8. The Morgan fingerprint density at radius 1 is 0.295 bits per heavy atom. The molecule has 0 radical (unpaired) electrons. The van der Waals surface area contributed by atoms with Crippen molar-refractivity contribution in [2.24, 2.45) is 0 Å². The number of esters is 4. The van der Waals surface area contributed by atoms with Crippen LogP contribution in [0.2, 0.25) is 0 Å². The molecular weight excluding hydrogens is 985 g/mol. The zero-order valence-corrected chi connectivity index (χ0v) is 44.9. The Morgan fingerprint density at radius 3 is 0.782 bits per heavy atom. The molecule has 0 aliphatic rings. The number of carbonyl (C=O) groups is 4. The predicted octanol–water partition coefficient (Wildman–Crippen LogP) is 14.1. The third kappa shape index (κ3) is 23.0. The summed E-state index contributed by atoms with van der Waals surface area (Å²) in [6, 6.07) is 45.6. The maximum atomic E-state index is 12.9. The maximum absolute atomic E-state index is 12.9. The summed E-state index contributed by atoms with van der Waals surface area (Å²) >= 11 is 0. The van der Waals surface area contributed by atoms with Crippen molar-refractivity contribution in [2.75, 3.05) is 39.6 Å². The third-order valence-electron chi connectivity index (χ3n) is 12.7. The molecule has 0 fully saturated rings. The van der Waals surface area contributed by atoms with Gasteiger partial charge in [-0.05, 0) is 222 Å². The van der Waals surface area contributed by atoms with Crippen LogP contribution >= 0.6 is 0 Å². The minimum atomic E-state index is -0.427. The van der Waals surface area contributed by atoms with Crippen molar-refractivity contribution in [3.63, 3.8) is 0 Å². The number of hydrogen-bond donors (Lipinski definition) is 0. The first-order chi connectivity index (χ1) is 38.2. The number of benzene rings is 6. The number of aryl methyl sites for hydroxylation is 4. The molecule has 0 amide bonds. The molecule has 0 atom stereocenters. The zero-order chi connectivity index (χ0) is 54.8. The average molecular weight is 1060 g/mol. The monoisotopic (exact) mass is 1060 g/mol. The molecule has 0 aliphatic heterocycles. The van der Waals surface area contributed by atoms with E-state index in [1.807, 2.05) is 72.8 Å². The maximum Gasteiger partial charge on any atom is 0.343 e. The SMILES string of the molecule is C=CC(=O)OCCCCCCOc1ccc(CCc2ccc(OC(=O)c3ccc(OCCCCCCOc4ccc(C(=O)Oc5ccc(CCc6ccc(OCCCCCCOC(=O)C=C)cc6)cc5)cc4)cc3)cc2)cc1. The molecule has 410 valence electrons. The molecule has 0 unspecified atom stereocenters. The van der Waals surface area contributed by atoms with Gasteiger partial charge >= 0.3 is 23.9 Å². The van der Waals surface area contributed by atoms with E-state index in [2.05, 4.69) is 37.4 Å². The third-order valence-corrected chi connectivity index (χ3v) is 12.7. The highest BCUT2D eigenvalue weighted by molar-refractivity contribution is 5.91. The molecule has 0 saturated carbocycles. The van der Waals surface area contributed by atoms with Crippen LogP contribution in [-0.4, -0.2) is 63.5 Å². The largest absolute Gasteiger partial charge is 0.494 e. The molecule has 0 bridgehead atoms. The lowest BCUT2D eigenvalue weighted by molar-refractivity contribution is -0.138. The summed E-state index contributed by atoms with van der Waals surface area (Å²) in [4.78, 5) is 47.9. The molecule has 6 aromatic rings. The summed E-state index contributed by atoms with van der Waals surface area (Å²) in [6.07, 6.45) is 17.1. The van der Waals surface area contributed by atoms with Crippen LogP contribution in [0.25, 0.3) is 0 Å². The van der Waals surface area contributed by atoms with Gasteiger partial charge in [0.05, 0.1) is 50.8 Å². The van der Waals surface area contributed by atoms with Crippen molar-refractivity contribution in [2.45, 2.75) is 103 Å². The summed E-state index contributed by atoms with van der Waals surface area (Å²) < 4.78 is 44.9. The van der Waals surface area contributed by atoms with Crippen molar-refractivity contribution in [1.82, 2.24) is 0 Å². The van der Waals surface area contributed by atoms with E-state index in [9.17, 15) is 19.2 Å². The summed E-state index contributed by atoms with van der Waals surface area (Å²) in [7, 11) is 0. The van der Waals surface area contributed by atoms with Gasteiger partial charge in [-0.25, -0.2) is 19.2 Å². The average Bonchev–Trinajstić information content (AvgIpc) is 3.47. The number of ether oxygens (including phenoxy) is 8. The Kier molecular flexibility index (Phi) is 26.2. The van der Waals surface area contributed by atoms with Gasteiger partial charge in [-0.1, -0.05) is 61.7 Å². The number of hydrogen-bond acceptors (Lipinski definition) is 12. The Bertz CT molecular complexity index is 2520. The molecular formula is C66H74O12. The standard InChI is InChI=1S/C66H74O12/c1-3-63(67)75-49-15-9-7-13-45-71-57-33-21-51(22-34-57)17-19-53-25-37-61(38-26-53)77-65(69)55-29-41-59(42-30-55)73-47-11-5-6-12-48-74-60-43-31-56(32-44-60)66(70)78-62-39-27-54(28-40-62)20-18-52-23-35-58(36-24-52)72-46-14-8-10-16-50-76-64(68)4-2/h3-4,21-44H,1-2,5-20,45-50H2. The van der Waals surface area contributed by atoms with Gasteiger partial charge in [-0.3, -0.25) is 0 Å². The Hall–Kier alpha value is -8.12. The Balaban J connectivity index is 0.758. The highest BCUT2D eigenvalue weighted by atomic mass is 16.5. The fourth-order valence-corrected chi connectivity index (χ4v) is 8.13. The molecule has 0 spiro atoms. The van der Waals surface area contributed by atoms with Crippen LogP contribution < -0.4 is 28.4 Å². The molecule has 12 nitrogen and oxygen atoms in total. The van der Waals surface area contributed by atoms with Crippen LogP contribution in [0.5, 0.6) is 34.5 Å². The summed E-state index contributed by atoms with van der Waals surface area (Å²) in [6.45, 7) is 10.1. The Labute approximate surface area is 460 Å². The second-order valence-corrected chi connectivity index (χ2v) is 18.8. The van der Waals surface area contributed by atoms with Gasteiger partial charge in [-0.2, -0.15) is 0 Å². The van der Waals surface area contributed by atoms with E-state index in [4.69, 9.17) is 37.9 Å². The van der Waals surface area contributed by atoms with Crippen LogP contribution in [0.1, 0.15) is 120 Å². The smallest absolute Gasteiger partial charge is 0.343 e. The van der Waals surface area contributed by atoms with Gasteiger partial charge in [-0.15, -0.1) is 0 Å². The molecule has 0 aromatic heterocycles. The van der Waals surface area contributed by atoms with Crippen molar-refractivity contribution < 1.29 is 57.1 Å². The lowest BCUT2D eigenvalue weighted by Crippen LogP contribution is -2.08. The fraction of sp³-hybridized carbons (Fsp3) is 0.333. The zero-order valence-electron chi connectivity index (χ0n) is 44.9. The molecule has 78 heavy (non-hydrogen) atoms. The first kappa shape index (κ1) is 59.1. The van der Waals surface area contributed by atoms with Crippen LogP contribution in [0.15, 0.2) is 171 Å². The van der Waals surface area contributed by atoms with Gasteiger partial charge < -0.3 is 37.9 Å². The summed E-state index contributed by atoms with van der Waals surface area (Å²) in [5, 5.41) is 0. The van der Waals surface area contributed by atoms with Crippen molar-refractivity contribution in [1.29, 1.82) is 0 Å². The molecule has 12 heteroatoms. The number of carbonyl (C=O) groups excluding carboxylic acids is 4. The molecule has 6 rings (SSSR count). The quantitative estimate of drug-likeness (QED) is 0.0159. The van der Waals surface area contributed by atoms with Crippen LogP contribution in [0, 0.1) is 0 Å². The number of unbranched alkanes of at least 4 members (excludes halogenated alkanes) is 9. The van der Waals surface area contributed by atoms with E-state index < -0.39 is 11.9 Å². The normalized spacial score (nSPS) is 10.7. The van der Waals surface area contributed by atoms with Crippen LogP contribution in [0.3, 0.4) is 0 Å². The number of rotatable bonds is 37. The topological polar surface area (TPSA) is 142 Å². The van der Waals surface area contributed by atoms with Gasteiger partial charge in [0, 0.05) is 12.2 Å². The van der Waals surface area contributed by atoms with E-state index in [0.717, 1.165) is 125 Å². The van der Waals surface area contributed by atoms with Crippen LogP contribution in [-0.2, 0) is 44.7 Å². The van der Waals surface area contributed by atoms with Crippen molar-refractivity contribution in [3.8, 4) is 34.5 Å². The first-order valence-corrected chi connectivity index (χ1v) is 27.3. The molecule has 0 heterocycles. The lowest BCUT2D eigenvalue weighted by atomic mass is 10.0. The van der Waals surface area contributed by atoms with Crippen LogP contribution in [0.4, 0.5) is 0 Å². The fourth-order valence-electron chi connectivity index (χ4n) is 8.13. The van der Waals surface area contributed by atoms with E-state index >= 15 is 0 Å². The van der Waals surface area contributed by atoms with Gasteiger partial charge in [0.1, 0.15) is 34.5 Å². The van der Waals surface area contributed by atoms with Gasteiger partial charge in [0.2, 0.25) is 0 Å². The van der Waals surface area contributed by atoms with Gasteiger partial charge in [0.15, 0.2) is 0 Å².